The fraction of sp³-hybridized carbons (Fsp3) is 0.162. The highest BCUT2D eigenvalue weighted by Gasteiger charge is 2.21. The number of benzene rings is 5. The molecule has 6 rings (SSSR count). The second-order valence-electron chi connectivity index (χ2n) is 10.3. The standard InChI is InChI=1S/C37H32N2O2/c1-26-10-3-5-13-30(26)33-15-8-16-34-32(17-9-23-41-36-18-7-12-28-11-4-6-14-31(28)36)35(24-38)39(37(33)34)25-27-19-21-29(40-2)22-20-27/h3-8,10-16,18-22H,9,17,23,25H2,1-2H3. The van der Waals surface area contributed by atoms with Crippen molar-refractivity contribution in [3.05, 3.63) is 132 Å². The van der Waals surface area contributed by atoms with Crippen molar-refractivity contribution in [2.24, 2.45) is 0 Å². The lowest BCUT2D eigenvalue weighted by atomic mass is 9.97. The Morgan fingerprint density at radius 3 is 2.27 bits per heavy atom. The molecule has 0 spiro atoms. The van der Waals surface area contributed by atoms with Gasteiger partial charge in [-0.15, -0.1) is 0 Å². The van der Waals surface area contributed by atoms with Crippen LogP contribution in [0, 0.1) is 18.3 Å². The Hall–Kier alpha value is -5.01. The predicted molar refractivity (Wildman–Crippen MR) is 167 cm³/mol. The molecule has 4 heteroatoms. The van der Waals surface area contributed by atoms with Crippen molar-refractivity contribution in [1.29, 1.82) is 5.26 Å². The first kappa shape index (κ1) is 26.2. The van der Waals surface area contributed by atoms with Crippen molar-refractivity contribution in [2.75, 3.05) is 13.7 Å². The number of fused-ring (bicyclic) bond motifs is 2. The summed E-state index contributed by atoms with van der Waals surface area (Å²) in [6.45, 7) is 3.31. The van der Waals surface area contributed by atoms with Gasteiger partial charge < -0.3 is 14.0 Å². The third-order valence-electron chi connectivity index (χ3n) is 7.81. The molecule has 0 saturated heterocycles. The fourth-order valence-corrected chi connectivity index (χ4v) is 5.78. The second kappa shape index (κ2) is 11.6. The van der Waals surface area contributed by atoms with E-state index in [-0.39, 0.29) is 0 Å². The van der Waals surface area contributed by atoms with E-state index in [9.17, 15) is 5.26 Å². The lowest BCUT2D eigenvalue weighted by molar-refractivity contribution is 0.314. The molecule has 6 aromatic rings. The van der Waals surface area contributed by atoms with E-state index in [0.29, 0.717) is 18.8 Å². The zero-order chi connectivity index (χ0) is 28.2. The first-order chi connectivity index (χ1) is 20.2. The minimum Gasteiger partial charge on any atom is -0.497 e. The van der Waals surface area contributed by atoms with E-state index < -0.39 is 0 Å². The molecule has 1 aromatic heterocycles. The van der Waals surface area contributed by atoms with Crippen molar-refractivity contribution in [3.63, 3.8) is 0 Å². The molecular formula is C37H32N2O2. The average molecular weight is 537 g/mol. The summed E-state index contributed by atoms with van der Waals surface area (Å²) in [4.78, 5) is 0. The van der Waals surface area contributed by atoms with Crippen molar-refractivity contribution < 1.29 is 9.47 Å². The summed E-state index contributed by atoms with van der Waals surface area (Å²) in [5.74, 6) is 1.71. The van der Waals surface area contributed by atoms with Crippen LogP contribution in [-0.2, 0) is 13.0 Å². The van der Waals surface area contributed by atoms with Gasteiger partial charge in [0.25, 0.3) is 0 Å². The minimum atomic E-state index is 0.571. The van der Waals surface area contributed by atoms with Gasteiger partial charge in [-0.1, -0.05) is 91.0 Å². The lowest BCUT2D eigenvalue weighted by Crippen LogP contribution is -2.05. The molecule has 0 aliphatic heterocycles. The highest BCUT2D eigenvalue weighted by molar-refractivity contribution is 5.99. The second-order valence-corrected chi connectivity index (χ2v) is 10.3. The summed E-state index contributed by atoms with van der Waals surface area (Å²) in [7, 11) is 1.67. The Labute approximate surface area is 241 Å². The lowest BCUT2D eigenvalue weighted by Gasteiger charge is -2.13. The molecule has 1 heterocycles. The van der Waals surface area contributed by atoms with Crippen molar-refractivity contribution in [1.82, 2.24) is 4.57 Å². The van der Waals surface area contributed by atoms with Crippen LogP contribution in [0.1, 0.15) is 28.8 Å². The predicted octanol–water partition coefficient (Wildman–Crippen LogP) is 8.71. The molecule has 0 saturated carbocycles. The maximum Gasteiger partial charge on any atom is 0.127 e. The molecule has 41 heavy (non-hydrogen) atoms. The summed E-state index contributed by atoms with van der Waals surface area (Å²) < 4.78 is 13.8. The first-order valence-corrected chi connectivity index (χ1v) is 14.0. The van der Waals surface area contributed by atoms with Crippen LogP contribution in [0.15, 0.2) is 109 Å². The van der Waals surface area contributed by atoms with Crippen LogP contribution in [0.25, 0.3) is 32.8 Å². The quantitative estimate of drug-likeness (QED) is 0.174. The summed E-state index contributed by atoms with van der Waals surface area (Å²) in [6.07, 6.45) is 1.55. The molecular weight excluding hydrogens is 504 g/mol. The zero-order valence-electron chi connectivity index (χ0n) is 23.4. The summed E-state index contributed by atoms with van der Waals surface area (Å²) in [6, 6.07) is 40.0. The van der Waals surface area contributed by atoms with Crippen LogP contribution >= 0.6 is 0 Å². The molecule has 0 unspecified atom stereocenters. The molecule has 0 fully saturated rings. The Kier molecular flexibility index (Phi) is 7.43. The van der Waals surface area contributed by atoms with E-state index in [1.54, 1.807) is 7.11 Å². The maximum atomic E-state index is 10.5. The van der Waals surface area contributed by atoms with Gasteiger partial charge in [-0.2, -0.15) is 5.26 Å². The monoisotopic (exact) mass is 536 g/mol. The highest BCUT2D eigenvalue weighted by Crippen LogP contribution is 2.37. The van der Waals surface area contributed by atoms with Gasteiger partial charge in [-0.05, 0) is 65.6 Å². The molecule has 0 N–H and O–H groups in total. The third kappa shape index (κ3) is 5.15. The van der Waals surface area contributed by atoms with Gasteiger partial charge in [0.1, 0.15) is 23.3 Å². The number of hydrogen-bond donors (Lipinski definition) is 0. The summed E-state index contributed by atoms with van der Waals surface area (Å²) >= 11 is 0. The molecule has 5 aromatic carbocycles. The maximum absolute atomic E-state index is 10.5. The Bertz CT molecular complexity index is 1870. The number of nitrogens with zero attached hydrogens (tertiary/aromatic N) is 2. The number of para-hydroxylation sites is 1. The number of rotatable bonds is 9. The number of hydrogen-bond acceptors (Lipinski definition) is 3. The molecule has 0 atom stereocenters. The van der Waals surface area contributed by atoms with Crippen LogP contribution in [0.2, 0.25) is 0 Å². The van der Waals surface area contributed by atoms with E-state index in [4.69, 9.17) is 9.47 Å². The zero-order valence-corrected chi connectivity index (χ0v) is 23.4. The number of methoxy groups -OCH3 is 1. The van der Waals surface area contributed by atoms with Gasteiger partial charge >= 0.3 is 0 Å². The normalized spacial score (nSPS) is 11.0. The van der Waals surface area contributed by atoms with Crippen LogP contribution < -0.4 is 9.47 Å². The number of aromatic nitrogens is 1. The van der Waals surface area contributed by atoms with Gasteiger partial charge in [0.05, 0.1) is 19.2 Å². The molecule has 0 aliphatic carbocycles. The van der Waals surface area contributed by atoms with Crippen molar-refractivity contribution >= 4 is 21.7 Å². The fourth-order valence-electron chi connectivity index (χ4n) is 5.78. The number of nitriles is 1. The van der Waals surface area contributed by atoms with E-state index in [0.717, 1.165) is 57.3 Å². The van der Waals surface area contributed by atoms with E-state index in [1.807, 2.05) is 36.4 Å². The number of aryl methyl sites for hydroxylation is 2. The van der Waals surface area contributed by atoms with E-state index >= 15 is 0 Å². The SMILES string of the molecule is COc1ccc(Cn2c(C#N)c(CCCOc3cccc4ccccc34)c3cccc(-c4ccccc4C)c32)cc1. The van der Waals surface area contributed by atoms with Crippen molar-refractivity contribution in [2.45, 2.75) is 26.3 Å². The number of ether oxygens (including phenoxy) is 2. The van der Waals surface area contributed by atoms with Gasteiger partial charge in [-0.25, -0.2) is 0 Å². The van der Waals surface area contributed by atoms with Crippen molar-refractivity contribution in [3.8, 4) is 28.7 Å². The highest BCUT2D eigenvalue weighted by atomic mass is 16.5. The topological polar surface area (TPSA) is 47.2 Å². The van der Waals surface area contributed by atoms with Crippen LogP contribution in [0.3, 0.4) is 0 Å². The Morgan fingerprint density at radius 2 is 1.46 bits per heavy atom. The van der Waals surface area contributed by atoms with E-state index in [1.165, 1.54) is 16.5 Å². The Morgan fingerprint density at radius 1 is 0.756 bits per heavy atom. The third-order valence-corrected chi connectivity index (χ3v) is 7.81. The summed E-state index contributed by atoms with van der Waals surface area (Å²) in [5, 5.41) is 13.9. The van der Waals surface area contributed by atoms with Crippen LogP contribution in [0.5, 0.6) is 11.5 Å². The van der Waals surface area contributed by atoms with Gasteiger partial charge in [-0.3, -0.25) is 0 Å². The largest absolute Gasteiger partial charge is 0.497 e. The smallest absolute Gasteiger partial charge is 0.127 e. The molecule has 0 bridgehead atoms. The van der Waals surface area contributed by atoms with Gasteiger partial charge in [0, 0.05) is 22.9 Å². The average Bonchev–Trinajstić information content (AvgIpc) is 3.32. The van der Waals surface area contributed by atoms with E-state index in [2.05, 4.69) is 90.4 Å². The molecule has 0 aliphatic rings. The van der Waals surface area contributed by atoms with Gasteiger partial charge in [0.2, 0.25) is 0 Å². The summed E-state index contributed by atoms with van der Waals surface area (Å²) in [5.41, 5.74) is 7.53. The Balaban J connectivity index is 1.38. The molecule has 0 radical (unpaired) electrons. The van der Waals surface area contributed by atoms with Crippen LogP contribution in [-0.4, -0.2) is 18.3 Å². The van der Waals surface area contributed by atoms with Crippen LogP contribution in [0.4, 0.5) is 0 Å². The molecule has 202 valence electrons. The molecule has 0 amide bonds. The molecule has 4 nitrogen and oxygen atoms in total. The first-order valence-electron chi connectivity index (χ1n) is 14.0. The minimum absolute atomic E-state index is 0.571. The van der Waals surface area contributed by atoms with Gasteiger partial charge in [0.15, 0.2) is 0 Å².